The van der Waals surface area contributed by atoms with E-state index in [0.717, 1.165) is 37.1 Å². The van der Waals surface area contributed by atoms with Crippen LogP contribution >= 0.6 is 22.9 Å². The van der Waals surface area contributed by atoms with Crippen LogP contribution < -0.4 is 20.4 Å². The minimum atomic E-state index is -0.396. The van der Waals surface area contributed by atoms with E-state index in [2.05, 4.69) is 16.7 Å². The van der Waals surface area contributed by atoms with Crippen molar-refractivity contribution in [3.8, 4) is 0 Å². The van der Waals surface area contributed by atoms with Crippen molar-refractivity contribution in [2.24, 2.45) is 5.92 Å². The van der Waals surface area contributed by atoms with Gasteiger partial charge in [-0.05, 0) is 18.1 Å². The third kappa shape index (κ3) is 6.76. The van der Waals surface area contributed by atoms with Crippen LogP contribution in [-0.4, -0.2) is 51.2 Å². The molecule has 4 N–H and O–H groups in total. The van der Waals surface area contributed by atoms with E-state index < -0.39 is 6.03 Å². The summed E-state index contributed by atoms with van der Waals surface area (Å²) in [6.45, 7) is 9.87. The lowest BCUT2D eigenvalue weighted by atomic mass is 10.2. The van der Waals surface area contributed by atoms with Crippen molar-refractivity contribution in [1.82, 2.24) is 10.6 Å². The maximum atomic E-state index is 11.9. The van der Waals surface area contributed by atoms with Gasteiger partial charge in [0.15, 0.2) is 6.54 Å². The number of quaternary nitrogens is 2. The molecule has 1 fully saturated rings. The van der Waals surface area contributed by atoms with E-state index in [9.17, 15) is 9.59 Å². The number of hydrogen-bond acceptors (Lipinski definition) is 3. The van der Waals surface area contributed by atoms with E-state index >= 15 is 0 Å². The maximum absolute atomic E-state index is 11.9. The van der Waals surface area contributed by atoms with Crippen molar-refractivity contribution in [2.75, 3.05) is 39.3 Å². The zero-order chi connectivity index (χ0) is 17.5. The van der Waals surface area contributed by atoms with E-state index in [1.54, 1.807) is 11.3 Å². The highest BCUT2D eigenvalue weighted by molar-refractivity contribution is 7.16. The molecule has 0 saturated carbocycles. The highest BCUT2D eigenvalue weighted by Crippen LogP contribution is 2.20. The molecule has 0 spiro atoms. The Kier molecular flexibility index (Phi) is 7.48. The Morgan fingerprint density at radius 3 is 2.46 bits per heavy atom. The number of hydrogen-bond donors (Lipinski definition) is 4. The summed E-state index contributed by atoms with van der Waals surface area (Å²) >= 11 is 7.60. The minimum Gasteiger partial charge on any atom is -0.338 e. The average molecular weight is 375 g/mol. The summed E-state index contributed by atoms with van der Waals surface area (Å²) in [6.07, 6.45) is 0. The third-order valence-corrected chi connectivity index (χ3v) is 5.28. The number of carbonyl (C=O) groups excluding carboxylic acids is 2. The van der Waals surface area contributed by atoms with Gasteiger partial charge in [-0.3, -0.25) is 10.1 Å². The van der Waals surface area contributed by atoms with Gasteiger partial charge in [-0.25, -0.2) is 4.79 Å². The molecule has 1 saturated heterocycles. The van der Waals surface area contributed by atoms with Crippen LogP contribution in [0.3, 0.4) is 0 Å². The molecule has 1 aromatic heterocycles. The molecule has 24 heavy (non-hydrogen) atoms. The van der Waals surface area contributed by atoms with Crippen LogP contribution in [0, 0.1) is 5.92 Å². The summed E-state index contributed by atoms with van der Waals surface area (Å²) in [4.78, 5) is 27.6. The molecule has 8 heteroatoms. The first kappa shape index (κ1) is 19.2. The quantitative estimate of drug-likeness (QED) is 0.525. The number of rotatable bonds is 6. The number of imide groups is 1. The number of carbonyl (C=O) groups is 2. The van der Waals surface area contributed by atoms with Gasteiger partial charge < -0.3 is 15.1 Å². The Balaban J connectivity index is 1.65. The third-order valence-electron chi connectivity index (χ3n) is 4.05. The monoisotopic (exact) mass is 374 g/mol. The molecule has 1 aliphatic heterocycles. The molecular weight excluding hydrogens is 348 g/mol. The molecule has 0 unspecified atom stereocenters. The number of nitrogens with one attached hydrogen (secondary N) is 4. The number of piperazine rings is 1. The fourth-order valence-corrected chi connectivity index (χ4v) is 3.90. The van der Waals surface area contributed by atoms with E-state index in [1.165, 1.54) is 14.7 Å². The van der Waals surface area contributed by atoms with Crippen LogP contribution in [0.4, 0.5) is 4.79 Å². The van der Waals surface area contributed by atoms with Gasteiger partial charge in [-0.2, -0.15) is 0 Å². The summed E-state index contributed by atoms with van der Waals surface area (Å²) < 4.78 is 0.834. The summed E-state index contributed by atoms with van der Waals surface area (Å²) in [7, 11) is 0. The van der Waals surface area contributed by atoms with Crippen LogP contribution in [0.15, 0.2) is 12.1 Å². The van der Waals surface area contributed by atoms with Crippen LogP contribution in [0.25, 0.3) is 0 Å². The van der Waals surface area contributed by atoms with Crippen LogP contribution in [0.5, 0.6) is 0 Å². The van der Waals surface area contributed by atoms with Crippen LogP contribution in [0.2, 0.25) is 4.34 Å². The fraction of sp³-hybridized carbons (Fsp3) is 0.625. The van der Waals surface area contributed by atoms with E-state index in [4.69, 9.17) is 11.6 Å². The summed E-state index contributed by atoms with van der Waals surface area (Å²) in [6, 6.07) is 3.63. The maximum Gasteiger partial charge on any atom is 0.321 e. The van der Waals surface area contributed by atoms with Crippen molar-refractivity contribution >= 4 is 34.9 Å². The van der Waals surface area contributed by atoms with Crippen molar-refractivity contribution < 1.29 is 19.4 Å². The number of amides is 3. The predicted octanol–water partition coefficient (Wildman–Crippen LogP) is -0.833. The van der Waals surface area contributed by atoms with Gasteiger partial charge in [0.05, 0.1) is 9.21 Å². The van der Waals surface area contributed by atoms with Crippen molar-refractivity contribution in [3.05, 3.63) is 21.3 Å². The zero-order valence-corrected chi connectivity index (χ0v) is 15.9. The Morgan fingerprint density at radius 1 is 1.21 bits per heavy atom. The largest absolute Gasteiger partial charge is 0.338 e. The molecule has 6 nitrogen and oxygen atoms in total. The zero-order valence-electron chi connectivity index (χ0n) is 14.3. The molecular formula is C16H27ClN4O2S+2. The minimum absolute atomic E-state index is 0.209. The Hall–Kier alpha value is -1.15. The second kappa shape index (κ2) is 9.36. The molecule has 0 aliphatic carbocycles. The van der Waals surface area contributed by atoms with Crippen molar-refractivity contribution in [3.63, 3.8) is 0 Å². The molecule has 0 aromatic carbocycles. The van der Waals surface area contributed by atoms with Gasteiger partial charge in [0.1, 0.15) is 32.7 Å². The first-order valence-corrected chi connectivity index (χ1v) is 9.61. The summed E-state index contributed by atoms with van der Waals surface area (Å²) in [5, 5.41) is 5.10. The number of halogens is 1. The molecule has 134 valence electrons. The van der Waals surface area contributed by atoms with Gasteiger partial charge in [-0.15, -0.1) is 11.3 Å². The van der Waals surface area contributed by atoms with Crippen LogP contribution in [0.1, 0.15) is 18.7 Å². The van der Waals surface area contributed by atoms with E-state index in [-0.39, 0.29) is 5.91 Å². The lowest BCUT2D eigenvalue weighted by Crippen LogP contribution is -3.28. The van der Waals surface area contributed by atoms with E-state index in [1.807, 2.05) is 19.9 Å². The van der Waals surface area contributed by atoms with Crippen molar-refractivity contribution in [1.29, 1.82) is 0 Å². The lowest BCUT2D eigenvalue weighted by molar-refractivity contribution is -1.01. The Morgan fingerprint density at radius 2 is 1.88 bits per heavy atom. The van der Waals surface area contributed by atoms with Gasteiger partial charge >= 0.3 is 6.03 Å². The second-order valence-electron chi connectivity index (χ2n) is 6.71. The first-order valence-electron chi connectivity index (χ1n) is 8.41. The Labute approximate surface area is 152 Å². The highest BCUT2D eigenvalue weighted by Gasteiger charge is 2.25. The first-order chi connectivity index (χ1) is 11.4. The average Bonchev–Trinajstić information content (AvgIpc) is 2.92. The van der Waals surface area contributed by atoms with Gasteiger partial charge in [-0.1, -0.05) is 25.4 Å². The summed E-state index contributed by atoms with van der Waals surface area (Å²) in [5.41, 5.74) is 0. The standard InChI is InChI=1S/C16H25ClN4O2S/c1-12(2)9-18-16(23)19-15(22)11-21-7-5-20(6-8-21)10-13-3-4-14(17)24-13/h3-4,12H,5-11H2,1-2H3,(H2,18,19,22,23)/p+2. The van der Waals surface area contributed by atoms with E-state index in [0.29, 0.717) is 19.0 Å². The lowest BCUT2D eigenvalue weighted by Gasteiger charge is -2.29. The molecule has 0 bridgehead atoms. The smallest absolute Gasteiger partial charge is 0.321 e. The predicted molar refractivity (Wildman–Crippen MR) is 95.7 cm³/mol. The molecule has 2 rings (SSSR count). The molecule has 3 amide bonds. The fourth-order valence-electron chi connectivity index (χ4n) is 2.74. The second-order valence-corrected chi connectivity index (χ2v) is 8.51. The molecule has 0 radical (unpaired) electrons. The SMILES string of the molecule is CC(C)CNC(=O)NC(=O)C[NH+]1CC[NH+](Cc2ccc(Cl)s2)CC1. The van der Waals surface area contributed by atoms with Gasteiger partial charge in [0.2, 0.25) is 0 Å². The number of thiophene rings is 1. The van der Waals surface area contributed by atoms with Crippen LogP contribution in [-0.2, 0) is 11.3 Å². The summed E-state index contributed by atoms with van der Waals surface area (Å²) in [5.74, 6) is 0.158. The molecule has 2 heterocycles. The van der Waals surface area contributed by atoms with Gasteiger partial charge in [0, 0.05) is 6.54 Å². The van der Waals surface area contributed by atoms with Gasteiger partial charge in [0.25, 0.3) is 5.91 Å². The Bertz CT molecular complexity index is 556. The topological polar surface area (TPSA) is 67.1 Å². The number of urea groups is 1. The normalized spacial score (nSPS) is 20.8. The molecule has 1 aromatic rings. The molecule has 1 aliphatic rings. The highest BCUT2D eigenvalue weighted by atomic mass is 35.5. The van der Waals surface area contributed by atoms with Crippen molar-refractivity contribution in [2.45, 2.75) is 20.4 Å². The molecule has 0 atom stereocenters.